The lowest BCUT2D eigenvalue weighted by Gasteiger charge is -2.12. The number of nitrogens with two attached hydrogens (primary N) is 1. The number of carbonyl (C=O) groups excluding carboxylic acids is 1. The maximum Gasteiger partial charge on any atom is 0.257 e. The molecule has 1 amide bonds. The molecule has 0 saturated heterocycles. The van der Waals surface area contributed by atoms with Crippen LogP contribution in [0.3, 0.4) is 0 Å². The van der Waals surface area contributed by atoms with Crippen molar-refractivity contribution < 1.29 is 14.3 Å². The molecule has 0 aliphatic carbocycles. The minimum atomic E-state index is -0.347. The second-order valence-corrected chi connectivity index (χ2v) is 3.74. The monoisotopic (exact) mass is 262 g/mol. The topological polar surface area (TPSA) is 102 Å². The number of rotatable bonds is 4. The number of methoxy groups -OCH3 is 2. The van der Waals surface area contributed by atoms with Crippen molar-refractivity contribution in [2.75, 3.05) is 25.3 Å². The van der Waals surface area contributed by atoms with Gasteiger partial charge in [-0.25, -0.2) is 0 Å². The van der Waals surface area contributed by atoms with Crippen LogP contribution in [0.25, 0.3) is 0 Å². The maximum absolute atomic E-state index is 12.1. The first kappa shape index (κ1) is 12.7. The van der Waals surface area contributed by atoms with E-state index in [1.807, 2.05) is 0 Å². The summed E-state index contributed by atoms with van der Waals surface area (Å²) in [5, 5.41) is 9.00. The third-order valence-corrected chi connectivity index (χ3v) is 2.56. The Labute approximate surface area is 109 Å². The predicted octanol–water partition coefficient (Wildman–Crippen LogP) is 1.26. The SMILES string of the molecule is COc1cc(N)c(C(=O)Nc2cn[nH]c2)cc1OC. The second kappa shape index (κ2) is 5.30. The molecule has 0 aliphatic rings. The Hall–Kier alpha value is -2.70. The van der Waals surface area contributed by atoms with Gasteiger partial charge in [-0.05, 0) is 6.07 Å². The molecule has 7 nitrogen and oxygen atoms in total. The first-order valence-corrected chi connectivity index (χ1v) is 5.47. The van der Waals surface area contributed by atoms with Crippen LogP contribution in [0.4, 0.5) is 11.4 Å². The summed E-state index contributed by atoms with van der Waals surface area (Å²) >= 11 is 0. The van der Waals surface area contributed by atoms with Crippen molar-refractivity contribution in [1.29, 1.82) is 0 Å². The van der Waals surface area contributed by atoms with Crippen LogP contribution in [-0.4, -0.2) is 30.3 Å². The number of carbonyl (C=O) groups is 1. The molecule has 7 heteroatoms. The van der Waals surface area contributed by atoms with Gasteiger partial charge in [0.25, 0.3) is 5.91 Å². The van der Waals surface area contributed by atoms with Crippen molar-refractivity contribution in [2.45, 2.75) is 0 Å². The number of hydrogen-bond acceptors (Lipinski definition) is 5. The molecule has 1 aromatic heterocycles. The number of aromatic nitrogens is 2. The van der Waals surface area contributed by atoms with E-state index >= 15 is 0 Å². The van der Waals surface area contributed by atoms with E-state index in [9.17, 15) is 4.79 Å². The molecule has 0 radical (unpaired) electrons. The number of nitrogen functional groups attached to an aromatic ring is 1. The van der Waals surface area contributed by atoms with Gasteiger partial charge < -0.3 is 20.5 Å². The summed E-state index contributed by atoms with van der Waals surface area (Å²) in [6, 6.07) is 3.08. The molecule has 0 bridgehead atoms. The van der Waals surface area contributed by atoms with E-state index in [4.69, 9.17) is 15.2 Å². The second-order valence-electron chi connectivity index (χ2n) is 3.74. The molecule has 2 aromatic rings. The highest BCUT2D eigenvalue weighted by Crippen LogP contribution is 2.32. The van der Waals surface area contributed by atoms with Crippen LogP contribution in [0.1, 0.15) is 10.4 Å². The maximum atomic E-state index is 12.1. The first-order valence-electron chi connectivity index (χ1n) is 5.47. The molecule has 1 aromatic carbocycles. The zero-order valence-corrected chi connectivity index (χ0v) is 10.6. The fourth-order valence-corrected chi connectivity index (χ4v) is 1.61. The smallest absolute Gasteiger partial charge is 0.257 e. The van der Waals surface area contributed by atoms with Gasteiger partial charge in [-0.2, -0.15) is 5.10 Å². The van der Waals surface area contributed by atoms with Crippen LogP contribution in [0.2, 0.25) is 0 Å². The average molecular weight is 262 g/mol. The summed E-state index contributed by atoms with van der Waals surface area (Å²) in [7, 11) is 2.99. The van der Waals surface area contributed by atoms with Crippen molar-refractivity contribution in [2.24, 2.45) is 0 Å². The Balaban J connectivity index is 2.31. The molecular formula is C12H14N4O3. The van der Waals surface area contributed by atoms with Crippen LogP contribution in [-0.2, 0) is 0 Å². The first-order chi connectivity index (χ1) is 9.15. The fraction of sp³-hybridized carbons (Fsp3) is 0.167. The molecule has 100 valence electrons. The summed E-state index contributed by atoms with van der Waals surface area (Å²) in [4.78, 5) is 12.1. The average Bonchev–Trinajstić information content (AvgIpc) is 2.90. The van der Waals surface area contributed by atoms with Crippen LogP contribution < -0.4 is 20.5 Å². The highest BCUT2D eigenvalue weighted by molar-refractivity contribution is 6.08. The summed E-state index contributed by atoms with van der Waals surface area (Å²) in [5.41, 5.74) is 6.99. The number of hydrogen-bond donors (Lipinski definition) is 3. The highest BCUT2D eigenvalue weighted by Gasteiger charge is 2.15. The van der Waals surface area contributed by atoms with Gasteiger partial charge in [0.1, 0.15) is 0 Å². The quantitative estimate of drug-likeness (QED) is 0.720. The van der Waals surface area contributed by atoms with Gasteiger partial charge in [0.05, 0.1) is 31.7 Å². The van der Waals surface area contributed by atoms with Gasteiger partial charge in [-0.15, -0.1) is 0 Å². The zero-order chi connectivity index (χ0) is 13.8. The Kier molecular flexibility index (Phi) is 3.56. The summed E-state index contributed by atoms with van der Waals surface area (Å²) in [6.45, 7) is 0. The third kappa shape index (κ3) is 2.59. The van der Waals surface area contributed by atoms with E-state index in [2.05, 4.69) is 15.5 Å². The fourth-order valence-electron chi connectivity index (χ4n) is 1.61. The van der Waals surface area contributed by atoms with E-state index in [-0.39, 0.29) is 5.91 Å². The van der Waals surface area contributed by atoms with Crippen molar-refractivity contribution >= 4 is 17.3 Å². The molecule has 4 N–H and O–H groups in total. The molecule has 2 rings (SSSR count). The largest absolute Gasteiger partial charge is 0.493 e. The standard InChI is InChI=1S/C12H14N4O3/c1-18-10-3-8(9(13)4-11(10)19-2)12(17)16-7-5-14-15-6-7/h3-6H,13H2,1-2H3,(H,14,15)(H,16,17). The van der Waals surface area contributed by atoms with Gasteiger partial charge in [-0.1, -0.05) is 0 Å². The van der Waals surface area contributed by atoms with E-state index in [0.29, 0.717) is 28.4 Å². The van der Waals surface area contributed by atoms with Gasteiger partial charge >= 0.3 is 0 Å². The predicted molar refractivity (Wildman–Crippen MR) is 70.5 cm³/mol. The molecule has 0 atom stereocenters. The van der Waals surface area contributed by atoms with Gasteiger partial charge in [0.2, 0.25) is 0 Å². The highest BCUT2D eigenvalue weighted by atomic mass is 16.5. The van der Waals surface area contributed by atoms with E-state index in [1.54, 1.807) is 12.3 Å². The number of nitrogens with zero attached hydrogens (tertiary/aromatic N) is 1. The van der Waals surface area contributed by atoms with E-state index in [0.717, 1.165) is 0 Å². The van der Waals surface area contributed by atoms with Crippen LogP contribution >= 0.6 is 0 Å². The Morgan fingerprint density at radius 3 is 2.58 bits per heavy atom. The van der Waals surface area contributed by atoms with Crippen LogP contribution in [0, 0.1) is 0 Å². The molecule has 0 spiro atoms. The lowest BCUT2D eigenvalue weighted by molar-refractivity contribution is 0.102. The van der Waals surface area contributed by atoms with E-state index in [1.165, 1.54) is 26.5 Å². The van der Waals surface area contributed by atoms with Crippen molar-refractivity contribution in [3.8, 4) is 11.5 Å². The normalized spacial score (nSPS) is 10.0. The molecule has 0 fully saturated rings. The van der Waals surface area contributed by atoms with Crippen molar-refractivity contribution in [1.82, 2.24) is 10.2 Å². The van der Waals surface area contributed by atoms with Gasteiger partial charge in [0, 0.05) is 18.0 Å². The van der Waals surface area contributed by atoms with Crippen molar-refractivity contribution in [3.63, 3.8) is 0 Å². The Morgan fingerprint density at radius 2 is 2.00 bits per heavy atom. The number of nitrogens with one attached hydrogen (secondary N) is 2. The summed E-state index contributed by atoms with van der Waals surface area (Å²) in [6.07, 6.45) is 3.06. The molecule has 0 aliphatic heterocycles. The van der Waals surface area contributed by atoms with Gasteiger partial charge in [0.15, 0.2) is 11.5 Å². The number of H-pyrrole nitrogens is 1. The number of anilines is 2. The van der Waals surface area contributed by atoms with Crippen LogP contribution in [0.5, 0.6) is 11.5 Å². The number of amides is 1. The summed E-state index contributed by atoms with van der Waals surface area (Å²) in [5.74, 6) is 0.564. The Bertz CT molecular complexity index is 581. The number of aromatic amines is 1. The minimum absolute atomic E-state index is 0.304. The Morgan fingerprint density at radius 1 is 1.32 bits per heavy atom. The minimum Gasteiger partial charge on any atom is -0.493 e. The van der Waals surface area contributed by atoms with E-state index < -0.39 is 0 Å². The molecule has 19 heavy (non-hydrogen) atoms. The van der Waals surface area contributed by atoms with Gasteiger partial charge in [-0.3, -0.25) is 9.89 Å². The number of benzene rings is 1. The van der Waals surface area contributed by atoms with Crippen molar-refractivity contribution in [3.05, 3.63) is 30.1 Å². The number of ether oxygens (including phenoxy) is 2. The summed E-state index contributed by atoms with van der Waals surface area (Å²) < 4.78 is 10.2. The zero-order valence-electron chi connectivity index (χ0n) is 10.6. The molecule has 0 unspecified atom stereocenters. The molecule has 0 saturated carbocycles. The molecular weight excluding hydrogens is 248 g/mol. The third-order valence-electron chi connectivity index (χ3n) is 2.56. The lowest BCUT2D eigenvalue weighted by Crippen LogP contribution is -2.14. The van der Waals surface area contributed by atoms with Crippen LogP contribution in [0.15, 0.2) is 24.5 Å². The lowest BCUT2D eigenvalue weighted by atomic mass is 10.1. The molecule has 1 heterocycles.